The molecule has 3 aromatic rings. The van der Waals surface area contributed by atoms with Crippen LogP contribution in [0.2, 0.25) is 0 Å². The summed E-state index contributed by atoms with van der Waals surface area (Å²) >= 11 is 0. The third kappa shape index (κ3) is 4.36. The first-order valence-electron chi connectivity index (χ1n) is 8.31. The van der Waals surface area contributed by atoms with Crippen LogP contribution in [0.1, 0.15) is 21.5 Å². The van der Waals surface area contributed by atoms with E-state index < -0.39 is 0 Å². The second-order valence-electron chi connectivity index (χ2n) is 5.89. The summed E-state index contributed by atoms with van der Waals surface area (Å²) in [4.78, 5) is 24.9. The molecule has 0 aliphatic carbocycles. The highest BCUT2D eigenvalue weighted by atomic mass is 16.5. The Morgan fingerprint density at radius 3 is 2.23 bits per heavy atom. The highest BCUT2D eigenvalue weighted by Crippen LogP contribution is 2.19. The molecule has 1 amide bonds. The van der Waals surface area contributed by atoms with Crippen molar-refractivity contribution in [2.24, 2.45) is 0 Å². The predicted octanol–water partition coefficient (Wildman–Crippen LogP) is 4.24. The number of carbonyl (C=O) groups excluding carboxylic acids is 2. The van der Waals surface area contributed by atoms with Crippen LogP contribution < -0.4 is 10.1 Å². The van der Waals surface area contributed by atoms with Crippen molar-refractivity contribution >= 4 is 17.4 Å². The molecule has 0 spiro atoms. The zero-order chi connectivity index (χ0) is 18.4. The molecule has 130 valence electrons. The van der Waals surface area contributed by atoms with E-state index in [9.17, 15) is 9.59 Å². The fourth-order valence-electron chi connectivity index (χ4n) is 2.50. The Bertz CT molecular complexity index is 902. The van der Waals surface area contributed by atoms with E-state index >= 15 is 0 Å². The Labute approximate surface area is 152 Å². The summed E-state index contributed by atoms with van der Waals surface area (Å²) in [5, 5.41) is 2.76. The lowest BCUT2D eigenvalue weighted by molar-refractivity contribution is -0.118. The topological polar surface area (TPSA) is 55.4 Å². The maximum atomic E-state index is 12.7. The molecule has 1 N–H and O–H groups in total. The van der Waals surface area contributed by atoms with Crippen LogP contribution in [0, 0.1) is 6.92 Å². The molecule has 3 aromatic carbocycles. The van der Waals surface area contributed by atoms with Crippen molar-refractivity contribution in [3.8, 4) is 5.75 Å². The Morgan fingerprint density at radius 2 is 1.50 bits per heavy atom. The fourth-order valence-corrected chi connectivity index (χ4v) is 2.50. The van der Waals surface area contributed by atoms with Crippen molar-refractivity contribution in [3.05, 3.63) is 95.6 Å². The van der Waals surface area contributed by atoms with E-state index in [2.05, 4.69) is 5.32 Å². The molecule has 0 atom stereocenters. The summed E-state index contributed by atoms with van der Waals surface area (Å²) in [6.07, 6.45) is 0. The molecule has 0 aliphatic rings. The lowest BCUT2D eigenvalue weighted by Crippen LogP contribution is -2.21. The first-order chi connectivity index (χ1) is 12.6. The first kappa shape index (κ1) is 17.4. The van der Waals surface area contributed by atoms with Crippen LogP contribution in [0.15, 0.2) is 78.9 Å². The molecule has 0 aliphatic heterocycles. The minimum atomic E-state index is -0.320. The fraction of sp³-hybridized carbons (Fsp3) is 0.0909. The molecule has 4 heteroatoms. The lowest BCUT2D eigenvalue weighted by Gasteiger charge is -2.11. The number of amides is 1. The number of rotatable bonds is 6. The van der Waals surface area contributed by atoms with Crippen molar-refractivity contribution in [1.82, 2.24) is 0 Å². The zero-order valence-corrected chi connectivity index (χ0v) is 14.4. The zero-order valence-electron chi connectivity index (χ0n) is 14.4. The largest absolute Gasteiger partial charge is 0.484 e. The molecule has 0 bridgehead atoms. The van der Waals surface area contributed by atoms with Crippen LogP contribution in [0.5, 0.6) is 5.75 Å². The third-order valence-corrected chi connectivity index (χ3v) is 3.87. The summed E-state index contributed by atoms with van der Waals surface area (Å²) in [5.74, 6) is 0.166. The molecular weight excluding hydrogens is 326 g/mol. The maximum absolute atomic E-state index is 12.7. The standard InChI is InChI=1S/C22H19NO3/c1-16-11-13-18(14-12-16)26-15-21(24)23-20-10-6-5-9-19(20)22(25)17-7-3-2-4-8-17/h2-14H,15H2,1H3,(H,23,24). The van der Waals surface area contributed by atoms with E-state index in [1.807, 2.05) is 49.4 Å². The molecule has 0 unspecified atom stereocenters. The summed E-state index contributed by atoms with van der Waals surface area (Å²) in [6.45, 7) is 1.86. The minimum Gasteiger partial charge on any atom is -0.484 e. The molecule has 3 rings (SSSR count). The summed E-state index contributed by atoms with van der Waals surface area (Å²) in [5.41, 5.74) is 2.61. The van der Waals surface area contributed by atoms with E-state index in [0.717, 1.165) is 5.56 Å². The second-order valence-corrected chi connectivity index (χ2v) is 5.89. The van der Waals surface area contributed by atoms with E-state index in [1.165, 1.54) is 0 Å². The number of anilines is 1. The average Bonchev–Trinajstić information content (AvgIpc) is 2.68. The Morgan fingerprint density at radius 1 is 0.846 bits per heavy atom. The van der Waals surface area contributed by atoms with Crippen LogP contribution >= 0.6 is 0 Å². The van der Waals surface area contributed by atoms with Gasteiger partial charge in [0.15, 0.2) is 12.4 Å². The smallest absolute Gasteiger partial charge is 0.262 e. The van der Waals surface area contributed by atoms with Gasteiger partial charge in [0.25, 0.3) is 5.91 Å². The van der Waals surface area contributed by atoms with E-state index in [0.29, 0.717) is 22.6 Å². The SMILES string of the molecule is Cc1ccc(OCC(=O)Nc2ccccc2C(=O)c2ccccc2)cc1. The van der Waals surface area contributed by atoms with Gasteiger partial charge in [0.1, 0.15) is 5.75 Å². The molecule has 0 heterocycles. The van der Waals surface area contributed by atoms with Gasteiger partial charge >= 0.3 is 0 Å². The number of para-hydroxylation sites is 1. The summed E-state index contributed by atoms with van der Waals surface area (Å²) in [6, 6.07) is 23.4. The third-order valence-electron chi connectivity index (χ3n) is 3.87. The molecular formula is C22H19NO3. The van der Waals surface area contributed by atoms with Crippen molar-refractivity contribution in [2.45, 2.75) is 6.92 Å². The van der Waals surface area contributed by atoms with Crippen LogP contribution in [-0.4, -0.2) is 18.3 Å². The first-order valence-corrected chi connectivity index (χ1v) is 8.31. The van der Waals surface area contributed by atoms with Crippen molar-refractivity contribution in [3.63, 3.8) is 0 Å². The predicted molar refractivity (Wildman–Crippen MR) is 102 cm³/mol. The number of ketones is 1. The van der Waals surface area contributed by atoms with Crippen molar-refractivity contribution < 1.29 is 14.3 Å². The molecule has 0 radical (unpaired) electrons. The quantitative estimate of drug-likeness (QED) is 0.680. The molecule has 0 fully saturated rings. The number of ether oxygens (including phenoxy) is 1. The van der Waals surface area contributed by atoms with Gasteiger partial charge in [0.05, 0.1) is 5.69 Å². The number of hydrogen-bond acceptors (Lipinski definition) is 3. The summed E-state index contributed by atoms with van der Waals surface area (Å²) < 4.78 is 5.48. The lowest BCUT2D eigenvalue weighted by atomic mass is 10.0. The van der Waals surface area contributed by atoms with E-state index in [4.69, 9.17) is 4.74 Å². The number of aryl methyl sites for hydroxylation is 1. The van der Waals surface area contributed by atoms with Crippen molar-refractivity contribution in [2.75, 3.05) is 11.9 Å². The van der Waals surface area contributed by atoms with Crippen molar-refractivity contribution in [1.29, 1.82) is 0 Å². The Hall–Kier alpha value is -3.40. The van der Waals surface area contributed by atoms with E-state index in [1.54, 1.807) is 36.4 Å². The number of hydrogen-bond donors (Lipinski definition) is 1. The molecule has 0 aromatic heterocycles. The van der Waals surface area contributed by atoms with Gasteiger partial charge in [-0.15, -0.1) is 0 Å². The minimum absolute atomic E-state index is 0.128. The monoisotopic (exact) mass is 345 g/mol. The van der Waals surface area contributed by atoms with Crippen LogP contribution in [-0.2, 0) is 4.79 Å². The van der Waals surface area contributed by atoms with Gasteiger partial charge < -0.3 is 10.1 Å². The average molecular weight is 345 g/mol. The van der Waals surface area contributed by atoms with Gasteiger partial charge in [-0.05, 0) is 31.2 Å². The summed E-state index contributed by atoms with van der Waals surface area (Å²) in [7, 11) is 0. The van der Waals surface area contributed by atoms with Gasteiger partial charge in [0.2, 0.25) is 0 Å². The maximum Gasteiger partial charge on any atom is 0.262 e. The van der Waals surface area contributed by atoms with Gasteiger partial charge in [0, 0.05) is 11.1 Å². The normalized spacial score (nSPS) is 10.2. The van der Waals surface area contributed by atoms with Gasteiger partial charge in [-0.1, -0.05) is 60.2 Å². The van der Waals surface area contributed by atoms with Gasteiger partial charge in [-0.3, -0.25) is 9.59 Å². The highest BCUT2D eigenvalue weighted by molar-refractivity contribution is 6.13. The molecule has 0 saturated heterocycles. The van der Waals surface area contributed by atoms with Gasteiger partial charge in [-0.25, -0.2) is 0 Å². The van der Waals surface area contributed by atoms with Gasteiger partial charge in [-0.2, -0.15) is 0 Å². The molecule has 4 nitrogen and oxygen atoms in total. The second kappa shape index (κ2) is 8.12. The highest BCUT2D eigenvalue weighted by Gasteiger charge is 2.14. The number of nitrogens with one attached hydrogen (secondary N) is 1. The van der Waals surface area contributed by atoms with E-state index in [-0.39, 0.29) is 18.3 Å². The molecule has 26 heavy (non-hydrogen) atoms. The Balaban J connectivity index is 1.69. The van der Waals surface area contributed by atoms with Crippen LogP contribution in [0.25, 0.3) is 0 Å². The molecule has 0 saturated carbocycles. The number of carbonyl (C=O) groups is 2. The Kier molecular flexibility index (Phi) is 5.44. The van der Waals surface area contributed by atoms with Crippen LogP contribution in [0.4, 0.5) is 5.69 Å². The number of benzene rings is 3. The van der Waals surface area contributed by atoms with Crippen LogP contribution in [0.3, 0.4) is 0 Å².